The molecular weight excluding hydrogens is 383 g/mol. The van der Waals surface area contributed by atoms with Crippen molar-refractivity contribution >= 4 is 11.0 Å². The average Bonchev–Trinajstić information content (AvgIpc) is 3.19. The topological polar surface area (TPSA) is 67.5 Å². The predicted octanol–water partition coefficient (Wildman–Crippen LogP) is 4.85. The molecule has 2 aromatic carbocycles. The van der Waals surface area contributed by atoms with Crippen molar-refractivity contribution in [2.45, 2.75) is 38.2 Å². The lowest BCUT2D eigenvalue weighted by Crippen LogP contribution is -2.32. The van der Waals surface area contributed by atoms with Crippen LogP contribution in [0, 0.1) is 5.82 Å². The van der Waals surface area contributed by atoms with Crippen molar-refractivity contribution in [3.8, 4) is 17.0 Å². The molecule has 1 aromatic heterocycles. The number of aromatic nitrogens is 1. The van der Waals surface area contributed by atoms with Gasteiger partial charge in [0.05, 0.1) is 0 Å². The number of halogens is 1. The Labute approximate surface area is 175 Å². The van der Waals surface area contributed by atoms with Gasteiger partial charge in [-0.2, -0.15) is 0 Å². The van der Waals surface area contributed by atoms with Crippen molar-refractivity contribution in [2.75, 3.05) is 19.7 Å². The van der Waals surface area contributed by atoms with Gasteiger partial charge in [-0.3, -0.25) is 0 Å². The van der Waals surface area contributed by atoms with Gasteiger partial charge in [0.2, 0.25) is 0 Å². The van der Waals surface area contributed by atoms with Crippen LogP contribution in [-0.2, 0) is 0 Å². The molecule has 6 heteroatoms. The van der Waals surface area contributed by atoms with E-state index in [1.54, 1.807) is 6.07 Å². The Kier molecular flexibility index (Phi) is 6.77. The lowest BCUT2D eigenvalue weighted by molar-refractivity contribution is 0.106. The van der Waals surface area contributed by atoms with E-state index < -0.39 is 6.10 Å². The fourth-order valence-electron chi connectivity index (χ4n) is 3.75. The zero-order valence-electron chi connectivity index (χ0n) is 16.9. The minimum Gasteiger partial charge on any atom is -0.491 e. The minimum atomic E-state index is -0.593. The summed E-state index contributed by atoms with van der Waals surface area (Å²) >= 11 is 0. The molecule has 0 radical (unpaired) electrons. The van der Waals surface area contributed by atoms with Gasteiger partial charge in [-0.05, 0) is 62.9 Å². The van der Waals surface area contributed by atoms with Crippen LogP contribution in [0.4, 0.5) is 4.39 Å². The maximum Gasteiger partial charge on any atom is 0.170 e. The Morgan fingerprint density at radius 1 is 1.20 bits per heavy atom. The summed E-state index contributed by atoms with van der Waals surface area (Å²) in [6.45, 7) is 1.56. The minimum absolute atomic E-state index is 0.198. The van der Waals surface area contributed by atoms with Crippen LogP contribution in [0.1, 0.15) is 32.1 Å². The van der Waals surface area contributed by atoms with Gasteiger partial charge in [0, 0.05) is 23.6 Å². The number of nitrogens with one attached hydrogen (secondary N) is 1. The maximum absolute atomic E-state index is 13.4. The molecule has 0 aliphatic heterocycles. The monoisotopic (exact) mass is 410 g/mol. The zero-order valence-corrected chi connectivity index (χ0v) is 16.9. The first-order chi connectivity index (χ1) is 14.7. The zero-order chi connectivity index (χ0) is 20.8. The van der Waals surface area contributed by atoms with Crippen LogP contribution in [0.5, 0.6) is 5.75 Å². The largest absolute Gasteiger partial charge is 0.491 e. The fourth-order valence-corrected chi connectivity index (χ4v) is 3.75. The molecular formula is C24H27FN2O3. The average molecular weight is 410 g/mol. The van der Waals surface area contributed by atoms with Crippen LogP contribution in [0.15, 0.2) is 58.6 Å². The normalized spacial score (nSPS) is 15.2. The molecule has 2 N–H and O–H groups in total. The van der Waals surface area contributed by atoms with Crippen LogP contribution >= 0.6 is 0 Å². The first-order valence-electron chi connectivity index (χ1n) is 10.5. The van der Waals surface area contributed by atoms with Gasteiger partial charge < -0.3 is 19.7 Å². The van der Waals surface area contributed by atoms with Crippen molar-refractivity contribution < 1.29 is 18.8 Å². The summed E-state index contributed by atoms with van der Waals surface area (Å²) in [5.74, 6) is 0.275. The number of ether oxygens (including phenoxy) is 1. The summed E-state index contributed by atoms with van der Waals surface area (Å²) in [6.07, 6.45) is 7.81. The number of allylic oxidation sites excluding steroid dienone is 1. The lowest BCUT2D eigenvalue weighted by atomic mass is 9.97. The summed E-state index contributed by atoms with van der Waals surface area (Å²) in [5, 5.41) is 18.3. The van der Waals surface area contributed by atoms with Crippen LogP contribution in [0.25, 0.3) is 22.2 Å². The fraction of sp³-hybridized carbons (Fsp3) is 0.375. The van der Waals surface area contributed by atoms with Crippen molar-refractivity contribution in [3.05, 3.63) is 59.9 Å². The van der Waals surface area contributed by atoms with Gasteiger partial charge in [0.1, 0.15) is 30.0 Å². The van der Waals surface area contributed by atoms with E-state index in [4.69, 9.17) is 9.26 Å². The van der Waals surface area contributed by atoms with E-state index >= 15 is 0 Å². The smallest absolute Gasteiger partial charge is 0.170 e. The Morgan fingerprint density at radius 3 is 3.00 bits per heavy atom. The van der Waals surface area contributed by atoms with Crippen LogP contribution in [-0.4, -0.2) is 36.1 Å². The summed E-state index contributed by atoms with van der Waals surface area (Å²) in [4.78, 5) is 0. The SMILES string of the molecule is OC(CNCCC1=CCCCC1)COc1cccc(-c2noc3cc(F)ccc23)c1. The van der Waals surface area contributed by atoms with E-state index in [2.05, 4.69) is 16.5 Å². The highest BCUT2D eigenvalue weighted by molar-refractivity contribution is 5.91. The van der Waals surface area contributed by atoms with E-state index in [9.17, 15) is 9.50 Å². The molecule has 1 heterocycles. The molecule has 3 aromatic rings. The third-order valence-electron chi connectivity index (χ3n) is 5.37. The van der Waals surface area contributed by atoms with E-state index in [1.165, 1.54) is 43.4 Å². The molecule has 0 fully saturated rings. The molecule has 0 amide bonds. The van der Waals surface area contributed by atoms with Crippen LogP contribution < -0.4 is 10.1 Å². The first kappa shape index (κ1) is 20.6. The second-order valence-corrected chi connectivity index (χ2v) is 7.73. The standard InChI is InChI=1S/C24H27FN2O3/c25-19-9-10-22-23(14-19)30-27-24(22)18-7-4-8-21(13-18)29-16-20(28)15-26-12-11-17-5-2-1-3-6-17/h4-5,7-10,13-14,20,26,28H,1-3,6,11-12,15-16H2. The molecule has 158 valence electrons. The molecule has 0 saturated heterocycles. The van der Waals surface area contributed by atoms with Gasteiger partial charge in [-0.15, -0.1) is 0 Å². The number of rotatable bonds is 9. The van der Waals surface area contributed by atoms with Crippen molar-refractivity contribution in [2.24, 2.45) is 0 Å². The number of benzene rings is 2. The van der Waals surface area contributed by atoms with Gasteiger partial charge >= 0.3 is 0 Å². The predicted molar refractivity (Wildman–Crippen MR) is 115 cm³/mol. The molecule has 0 spiro atoms. The Bertz CT molecular complexity index is 1010. The molecule has 4 rings (SSSR count). The molecule has 1 aliphatic rings. The van der Waals surface area contributed by atoms with Crippen molar-refractivity contribution in [1.29, 1.82) is 0 Å². The first-order valence-corrected chi connectivity index (χ1v) is 10.5. The maximum atomic E-state index is 13.4. The Hall–Kier alpha value is -2.70. The highest BCUT2D eigenvalue weighted by Gasteiger charge is 2.12. The van der Waals surface area contributed by atoms with Crippen LogP contribution in [0.2, 0.25) is 0 Å². The second kappa shape index (κ2) is 9.87. The van der Waals surface area contributed by atoms with Crippen LogP contribution in [0.3, 0.4) is 0 Å². The second-order valence-electron chi connectivity index (χ2n) is 7.73. The molecule has 1 atom stereocenters. The van der Waals surface area contributed by atoms with E-state index in [-0.39, 0.29) is 12.4 Å². The van der Waals surface area contributed by atoms with Crippen molar-refractivity contribution in [1.82, 2.24) is 10.5 Å². The van der Waals surface area contributed by atoms with Gasteiger partial charge in [-0.1, -0.05) is 28.9 Å². The van der Waals surface area contributed by atoms with E-state index in [0.29, 0.717) is 23.6 Å². The lowest BCUT2D eigenvalue weighted by Gasteiger charge is -2.15. The third kappa shape index (κ3) is 5.26. The van der Waals surface area contributed by atoms with Gasteiger partial charge in [0.15, 0.2) is 5.58 Å². The molecule has 0 bridgehead atoms. The Morgan fingerprint density at radius 2 is 2.13 bits per heavy atom. The third-order valence-corrected chi connectivity index (χ3v) is 5.37. The summed E-state index contributed by atoms with van der Waals surface area (Å²) in [6, 6.07) is 11.8. The number of aliphatic hydroxyl groups is 1. The summed E-state index contributed by atoms with van der Waals surface area (Å²) in [5.41, 5.74) is 3.38. The number of nitrogens with zero attached hydrogens (tertiary/aromatic N) is 1. The number of hydrogen-bond donors (Lipinski definition) is 2. The molecule has 1 aliphatic carbocycles. The highest BCUT2D eigenvalue weighted by Crippen LogP contribution is 2.30. The molecule has 5 nitrogen and oxygen atoms in total. The quantitative estimate of drug-likeness (QED) is 0.390. The molecule has 0 saturated carbocycles. The highest BCUT2D eigenvalue weighted by atomic mass is 19.1. The molecule has 30 heavy (non-hydrogen) atoms. The number of fused-ring (bicyclic) bond motifs is 1. The Balaban J connectivity index is 1.28. The van der Waals surface area contributed by atoms with Crippen molar-refractivity contribution in [3.63, 3.8) is 0 Å². The van der Waals surface area contributed by atoms with Gasteiger partial charge in [0.25, 0.3) is 0 Å². The summed E-state index contributed by atoms with van der Waals surface area (Å²) < 4.78 is 24.4. The van der Waals surface area contributed by atoms with E-state index in [0.717, 1.165) is 23.9 Å². The molecule has 1 unspecified atom stereocenters. The number of aliphatic hydroxyl groups excluding tert-OH is 1. The van der Waals surface area contributed by atoms with Gasteiger partial charge in [-0.25, -0.2) is 4.39 Å². The summed E-state index contributed by atoms with van der Waals surface area (Å²) in [7, 11) is 0. The number of hydrogen-bond acceptors (Lipinski definition) is 5. The van der Waals surface area contributed by atoms with E-state index in [1.807, 2.05) is 24.3 Å².